The van der Waals surface area contributed by atoms with Crippen LogP contribution in [0.25, 0.3) is 0 Å². The number of hydrogen-bond donors (Lipinski definition) is 2. The Morgan fingerprint density at radius 3 is 2.38 bits per heavy atom. The van der Waals surface area contributed by atoms with Crippen LogP contribution in [0, 0.1) is 5.92 Å². The second-order valence-electron chi connectivity index (χ2n) is 6.23. The number of amides is 1. The Kier molecular flexibility index (Phi) is 6.88. The largest absolute Gasteiger partial charge is 0.396 e. The molecule has 0 aromatic heterocycles. The number of hydrogen-bond acceptors (Lipinski definition) is 2. The first-order valence-electron chi connectivity index (χ1n) is 7.49. The molecule has 1 aromatic rings. The third-order valence-electron chi connectivity index (χ3n) is 3.96. The van der Waals surface area contributed by atoms with E-state index in [9.17, 15) is 4.79 Å². The molecule has 1 amide bonds. The molecule has 0 radical (unpaired) electrons. The van der Waals surface area contributed by atoms with Gasteiger partial charge in [-0.05, 0) is 50.3 Å². The number of benzene rings is 1. The molecule has 2 N–H and O–H groups in total. The van der Waals surface area contributed by atoms with Crippen LogP contribution in [0.5, 0.6) is 0 Å². The smallest absolute Gasteiger partial charge is 0.230 e. The van der Waals surface area contributed by atoms with Crippen molar-refractivity contribution < 1.29 is 9.90 Å². The van der Waals surface area contributed by atoms with Gasteiger partial charge in [0.1, 0.15) is 0 Å². The first-order valence-corrected chi connectivity index (χ1v) is 8.28. The number of carbonyl (C=O) groups is 1. The van der Waals surface area contributed by atoms with E-state index in [1.807, 2.05) is 45.0 Å². The van der Waals surface area contributed by atoms with Crippen LogP contribution in [0.1, 0.15) is 46.1 Å². The Labute approximate surface area is 136 Å². The summed E-state index contributed by atoms with van der Waals surface area (Å²) in [6.45, 7) is 8.08. The van der Waals surface area contributed by atoms with Crippen molar-refractivity contribution in [2.24, 2.45) is 5.92 Å². The van der Waals surface area contributed by atoms with Crippen molar-refractivity contribution >= 4 is 21.8 Å². The van der Waals surface area contributed by atoms with Gasteiger partial charge in [0.25, 0.3) is 0 Å². The molecule has 4 heteroatoms. The normalized spacial score (nSPS) is 14.6. The third kappa shape index (κ3) is 5.11. The highest BCUT2D eigenvalue weighted by Crippen LogP contribution is 2.25. The number of rotatable bonds is 7. The van der Waals surface area contributed by atoms with Crippen LogP contribution in [0.2, 0.25) is 0 Å². The average Bonchev–Trinajstić information content (AvgIpc) is 2.46. The Morgan fingerprint density at radius 1 is 1.33 bits per heavy atom. The maximum absolute atomic E-state index is 12.6. The van der Waals surface area contributed by atoms with Gasteiger partial charge in [-0.25, -0.2) is 0 Å². The van der Waals surface area contributed by atoms with E-state index < -0.39 is 5.41 Å². The molecule has 0 aliphatic carbocycles. The molecule has 0 saturated carbocycles. The van der Waals surface area contributed by atoms with Crippen LogP contribution in [-0.4, -0.2) is 23.7 Å². The molecular formula is C17H26BrNO2. The minimum absolute atomic E-state index is 0.0295. The van der Waals surface area contributed by atoms with E-state index in [1.165, 1.54) is 0 Å². The van der Waals surface area contributed by atoms with Crippen LogP contribution in [-0.2, 0) is 10.2 Å². The van der Waals surface area contributed by atoms with Crippen molar-refractivity contribution in [1.82, 2.24) is 5.32 Å². The van der Waals surface area contributed by atoms with E-state index in [0.717, 1.165) is 22.9 Å². The molecule has 2 atom stereocenters. The summed E-state index contributed by atoms with van der Waals surface area (Å²) in [5.41, 5.74) is 0.421. The lowest BCUT2D eigenvalue weighted by Crippen LogP contribution is -2.45. The Balaban J connectivity index is 2.78. The summed E-state index contributed by atoms with van der Waals surface area (Å²) < 4.78 is 1.01. The lowest BCUT2D eigenvalue weighted by molar-refractivity contribution is -0.126. The number of aliphatic hydroxyl groups is 1. The fourth-order valence-corrected chi connectivity index (χ4v) is 2.52. The highest BCUT2D eigenvalue weighted by Gasteiger charge is 2.31. The summed E-state index contributed by atoms with van der Waals surface area (Å²) in [7, 11) is 0. The third-order valence-corrected chi connectivity index (χ3v) is 4.49. The molecule has 0 aliphatic rings. The molecule has 3 nitrogen and oxygen atoms in total. The Hall–Kier alpha value is -0.870. The molecule has 0 fully saturated rings. The van der Waals surface area contributed by atoms with E-state index in [0.29, 0.717) is 0 Å². The van der Waals surface area contributed by atoms with E-state index in [4.69, 9.17) is 5.11 Å². The summed E-state index contributed by atoms with van der Waals surface area (Å²) in [6, 6.07) is 7.96. The Morgan fingerprint density at radius 2 is 1.90 bits per heavy atom. The fraction of sp³-hybridized carbons (Fsp3) is 0.588. The first-order chi connectivity index (χ1) is 9.81. The van der Waals surface area contributed by atoms with Crippen LogP contribution >= 0.6 is 15.9 Å². The molecule has 0 bridgehead atoms. The highest BCUT2D eigenvalue weighted by molar-refractivity contribution is 9.10. The van der Waals surface area contributed by atoms with Gasteiger partial charge in [-0.2, -0.15) is 0 Å². The van der Waals surface area contributed by atoms with Crippen molar-refractivity contribution in [3.05, 3.63) is 34.3 Å². The van der Waals surface area contributed by atoms with Crippen LogP contribution in [0.4, 0.5) is 0 Å². The van der Waals surface area contributed by atoms with Crippen molar-refractivity contribution in [3.63, 3.8) is 0 Å². The zero-order valence-corrected chi connectivity index (χ0v) is 14.9. The summed E-state index contributed by atoms with van der Waals surface area (Å²) in [6.07, 6.45) is 1.67. The first kappa shape index (κ1) is 18.2. The van der Waals surface area contributed by atoms with Gasteiger partial charge in [-0.3, -0.25) is 4.79 Å². The SMILES string of the molecule is CC[C@@H](C[C@@H](C)CO)NC(=O)C(C)(C)c1ccc(Br)cc1. The van der Waals surface area contributed by atoms with E-state index in [2.05, 4.69) is 28.2 Å². The quantitative estimate of drug-likeness (QED) is 0.784. The van der Waals surface area contributed by atoms with E-state index >= 15 is 0 Å². The van der Waals surface area contributed by atoms with Crippen molar-refractivity contribution in [1.29, 1.82) is 0 Å². The molecule has 1 aromatic carbocycles. The number of carbonyl (C=O) groups excluding carboxylic acids is 1. The summed E-state index contributed by atoms with van der Waals surface area (Å²) in [5, 5.41) is 12.3. The lowest BCUT2D eigenvalue weighted by atomic mass is 9.83. The molecule has 21 heavy (non-hydrogen) atoms. The molecule has 118 valence electrons. The Bertz CT molecular complexity index is 456. The lowest BCUT2D eigenvalue weighted by Gasteiger charge is -2.28. The van der Waals surface area contributed by atoms with Gasteiger partial charge in [0, 0.05) is 17.1 Å². The highest BCUT2D eigenvalue weighted by atomic mass is 79.9. The summed E-state index contributed by atoms with van der Waals surface area (Å²) in [4.78, 5) is 12.6. The summed E-state index contributed by atoms with van der Waals surface area (Å²) >= 11 is 3.41. The van der Waals surface area contributed by atoms with Gasteiger partial charge in [0.05, 0.1) is 5.41 Å². The molecular weight excluding hydrogens is 330 g/mol. The van der Waals surface area contributed by atoms with Crippen LogP contribution in [0.3, 0.4) is 0 Å². The van der Waals surface area contributed by atoms with Gasteiger partial charge in [-0.15, -0.1) is 0 Å². The number of nitrogens with one attached hydrogen (secondary N) is 1. The van der Waals surface area contributed by atoms with Crippen molar-refractivity contribution in [3.8, 4) is 0 Å². The standard InChI is InChI=1S/C17H26BrNO2/c1-5-15(10-12(2)11-20)19-16(21)17(3,4)13-6-8-14(18)9-7-13/h6-9,12,15,20H,5,10-11H2,1-4H3,(H,19,21)/t12-,15+/m1/s1. The van der Waals surface area contributed by atoms with E-state index in [-0.39, 0.29) is 24.5 Å². The maximum Gasteiger partial charge on any atom is 0.230 e. The fourth-order valence-electron chi connectivity index (χ4n) is 2.25. The van der Waals surface area contributed by atoms with Crippen molar-refractivity contribution in [2.45, 2.75) is 52.0 Å². The number of aliphatic hydroxyl groups excluding tert-OH is 1. The van der Waals surface area contributed by atoms with Gasteiger partial charge < -0.3 is 10.4 Å². The second-order valence-corrected chi connectivity index (χ2v) is 7.15. The van der Waals surface area contributed by atoms with E-state index in [1.54, 1.807) is 0 Å². The van der Waals surface area contributed by atoms with Crippen LogP contribution < -0.4 is 5.32 Å². The van der Waals surface area contributed by atoms with Gasteiger partial charge in [0.2, 0.25) is 5.91 Å². The van der Waals surface area contributed by atoms with Crippen molar-refractivity contribution in [2.75, 3.05) is 6.61 Å². The topological polar surface area (TPSA) is 49.3 Å². The van der Waals surface area contributed by atoms with Gasteiger partial charge >= 0.3 is 0 Å². The molecule has 0 heterocycles. The number of halogens is 1. The second kappa shape index (κ2) is 7.95. The zero-order chi connectivity index (χ0) is 16.0. The predicted molar refractivity (Wildman–Crippen MR) is 90.3 cm³/mol. The monoisotopic (exact) mass is 355 g/mol. The molecule has 0 unspecified atom stereocenters. The maximum atomic E-state index is 12.6. The van der Waals surface area contributed by atoms with Crippen LogP contribution in [0.15, 0.2) is 28.7 Å². The molecule has 0 spiro atoms. The van der Waals surface area contributed by atoms with Gasteiger partial charge in [0.15, 0.2) is 0 Å². The minimum atomic E-state index is -0.573. The average molecular weight is 356 g/mol. The summed E-state index contributed by atoms with van der Waals surface area (Å²) in [5.74, 6) is 0.229. The molecule has 0 saturated heterocycles. The molecule has 0 aliphatic heterocycles. The zero-order valence-electron chi connectivity index (χ0n) is 13.3. The predicted octanol–water partition coefficient (Wildman–Crippen LogP) is 3.64. The molecule has 1 rings (SSSR count). The minimum Gasteiger partial charge on any atom is -0.396 e. The van der Waals surface area contributed by atoms with Gasteiger partial charge in [-0.1, -0.05) is 41.9 Å².